The summed E-state index contributed by atoms with van der Waals surface area (Å²) >= 11 is 0. The van der Waals surface area contributed by atoms with Gasteiger partial charge in [-0.25, -0.2) is 13.4 Å². The van der Waals surface area contributed by atoms with Gasteiger partial charge in [0.25, 0.3) is 0 Å². The minimum Gasteiger partial charge on any atom is -0.363 e. The molecule has 0 aliphatic carbocycles. The Morgan fingerprint density at radius 2 is 1.70 bits per heavy atom. The summed E-state index contributed by atoms with van der Waals surface area (Å²) in [6, 6.07) is 9.08. The van der Waals surface area contributed by atoms with E-state index in [1.807, 2.05) is 25.9 Å². The molecule has 146 valence electrons. The molecule has 2 N–H and O–H groups in total. The Morgan fingerprint density at radius 3 is 2.19 bits per heavy atom. The second-order valence-electron chi connectivity index (χ2n) is 6.94. The summed E-state index contributed by atoms with van der Waals surface area (Å²) in [6.45, 7) is 5.45. The maximum absolute atomic E-state index is 12.7. The van der Waals surface area contributed by atoms with Crippen molar-refractivity contribution in [3.63, 3.8) is 0 Å². The molecule has 1 aromatic carbocycles. The van der Waals surface area contributed by atoms with Gasteiger partial charge in [-0.3, -0.25) is 4.79 Å². The van der Waals surface area contributed by atoms with Crippen LogP contribution in [0, 0.1) is 12.8 Å². The fourth-order valence-corrected chi connectivity index (χ4v) is 3.73. The van der Waals surface area contributed by atoms with Crippen molar-refractivity contribution < 1.29 is 13.2 Å². The van der Waals surface area contributed by atoms with Crippen LogP contribution in [0.15, 0.2) is 47.5 Å². The maximum atomic E-state index is 12.7. The van der Waals surface area contributed by atoms with Crippen LogP contribution in [-0.4, -0.2) is 39.4 Å². The average molecular weight is 391 g/mol. The molecule has 0 aliphatic heterocycles. The Labute approximate surface area is 160 Å². The minimum atomic E-state index is -3.81. The fraction of sp³-hybridized carbons (Fsp3) is 0.368. The lowest BCUT2D eigenvalue weighted by Gasteiger charge is -2.22. The summed E-state index contributed by atoms with van der Waals surface area (Å²) < 4.78 is 27.8. The molecule has 27 heavy (non-hydrogen) atoms. The van der Waals surface area contributed by atoms with Crippen molar-refractivity contribution in [1.29, 1.82) is 0 Å². The SMILES string of the molecule is Cc1ccc(S(=O)(=O)N[C@@H](C(=O)Nc2ccc(N(C)C)nc2)C(C)C)cc1. The second-order valence-corrected chi connectivity index (χ2v) is 8.66. The van der Waals surface area contributed by atoms with Gasteiger partial charge < -0.3 is 10.2 Å². The molecule has 0 saturated heterocycles. The molecule has 0 fully saturated rings. The monoisotopic (exact) mass is 390 g/mol. The van der Waals surface area contributed by atoms with Crippen LogP contribution >= 0.6 is 0 Å². The van der Waals surface area contributed by atoms with Gasteiger partial charge in [0.15, 0.2) is 0 Å². The van der Waals surface area contributed by atoms with Crippen LogP contribution in [0.4, 0.5) is 11.5 Å². The van der Waals surface area contributed by atoms with E-state index in [9.17, 15) is 13.2 Å². The number of carbonyl (C=O) groups is 1. The zero-order valence-electron chi connectivity index (χ0n) is 16.2. The number of hydrogen-bond donors (Lipinski definition) is 2. The third-order valence-electron chi connectivity index (χ3n) is 4.04. The number of nitrogens with one attached hydrogen (secondary N) is 2. The first kappa shape index (κ1) is 20.9. The molecule has 1 atom stereocenters. The highest BCUT2D eigenvalue weighted by atomic mass is 32.2. The molecule has 0 bridgehead atoms. The molecule has 0 aliphatic rings. The molecule has 8 heteroatoms. The maximum Gasteiger partial charge on any atom is 0.242 e. The number of aromatic nitrogens is 1. The van der Waals surface area contributed by atoms with Crippen LogP contribution in [0.1, 0.15) is 19.4 Å². The van der Waals surface area contributed by atoms with Gasteiger partial charge in [-0.15, -0.1) is 0 Å². The summed E-state index contributed by atoms with van der Waals surface area (Å²) in [4.78, 5) is 18.9. The molecule has 7 nitrogen and oxygen atoms in total. The lowest BCUT2D eigenvalue weighted by molar-refractivity contribution is -0.118. The van der Waals surface area contributed by atoms with Crippen molar-refractivity contribution in [2.24, 2.45) is 5.92 Å². The van der Waals surface area contributed by atoms with Crippen molar-refractivity contribution in [2.45, 2.75) is 31.7 Å². The molecule has 0 unspecified atom stereocenters. The van der Waals surface area contributed by atoms with E-state index in [0.29, 0.717) is 5.69 Å². The lowest BCUT2D eigenvalue weighted by Crippen LogP contribution is -2.47. The number of rotatable bonds is 7. The first-order valence-electron chi connectivity index (χ1n) is 8.63. The van der Waals surface area contributed by atoms with E-state index in [4.69, 9.17) is 0 Å². The Kier molecular flexibility index (Phi) is 6.56. The molecule has 1 amide bonds. The Hall–Kier alpha value is -2.45. The number of aryl methyl sites for hydroxylation is 1. The quantitative estimate of drug-likeness (QED) is 0.757. The van der Waals surface area contributed by atoms with Crippen LogP contribution in [0.3, 0.4) is 0 Å². The van der Waals surface area contributed by atoms with Crippen LogP contribution in [0.2, 0.25) is 0 Å². The van der Waals surface area contributed by atoms with E-state index < -0.39 is 22.0 Å². The van der Waals surface area contributed by atoms with Crippen molar-refractivity contribution in [3.05, 3.63) is 48.2 Å². The topological polar surface area (TPSA) is 91.4 Å². The highest BCUT2D eigenvalue weighted by Crippen LogP contribution is 2.16. The van der Waals surface area contributed by atoms with Crippen molar-refractivity contribution in [2.75, 3.05) is 24.3 Å². The van der Waals surface area contributed by atoms with Crippen molar-refractivity contribution in [3.8, 4) is 0 Å². The predicted molar refractivity (Wildman–Crippen MR) is 107 cm³/mol. The molecular weight excluding hydrogens is 364 g/mol. The third-order valence-corrected chi connectivity index (χ3v) is 5.49. The normalized spacial score (nSPS) is 12.7. The van der Waals surface area contributed by atoms with Gasteiger partial charge in [0.2, 0.25) is 15.9 Å². The zero-order valence-corrected chi connectivity index (χ0v) is 17.0. The largest absolute Gasteiger partial charge is 0.363 e. The van der Waals surface area contributed by atoms with E-state index in [2.05, 4.69) is 15.0 Å². The van der Waals surface area contributed by atoms with E-state index >= 15 is 0 Å². The molecule has 0 saturated carbocycles. The Balaban J connectivity index is 2.16. The van der Waals surface area contributed by atoms with E-state index in [-0.39, 0.29) is 10.8 Å². The van der Waals surface area contributed by atoms with Gasteiger partial charge >= 0.3 is 0 Å². The molecule has 0 radical (unpaired) electrons. The molecule has 2 rings (SSSR count). The third kappa shape index (κ3) is 5.51. The van der Waals surface area contributed by atoms with Gasteiger partial charge in [0.05, 0.1) is 16.8 Å². The highest BCUT2D eigenvalue weighted by Gasteiger charge is 2.28. The summed E-state index contributed by atoms with van der Waals surface area (Å²) in [6.07, 6.45) is 1.54. The van der Waals surface area contributed by atoms with E-state index in [1.54, 1.807) is 44.3 Å². The van der Waals surface area contributed by atoms with E-state index in [1.165, 1.54) is 12.1 Å². The van der Waals surface area contributed by atoms with Gasteiger partial charge in [-0.2, -0.15) is 4.72 Å². The number of benzene rings is 1. The summed E-state index contributed by atoms with van der Waals surface area (Å²) in [5.41, 5.74) is 1.46. The average Bonchev–Trinajstić information content (AvgIpc) is 2.60. The Bertz CT molecular complexity index is 876. The number of amides is 1. The van der Waals surface area contributed by atoms with Crippen LogP contribution in [-0.2, 0) is 14.8 Å². The molecule has 1 heterocycles. The predicted octanol–water partition coefficient (Wildman–Crippen LogP) is 2.40. The highest BCUT2D eigenvalue weighted by molar-refractivity contribution is 7.89. The lowest BCUT2D eigenvalue weighted by atomic mass is 10.1. The van der Waals surface area contributed by atoms with E-state index in [0.717, 1.165) is 11.4 Å². The second kappa shape index (κ2) is 8.49. The number of hydrogen-bond acceptors (Lipinski definition) is 5. The van der Waals surface area contributed by atoms with Gasteiger partial charge in [0.1, 0.15) is 11.9 Å². The first-order valence-corrected chi connectivity index (χ1v) is 10.1. The van der Waals surface area contributed by atoms with Crippen LogP contribution in [0.5, 0.6) is 0 Å². The van der Waals surface area contributed by atoms with Crippen molar-refractivity contribution in [1.82, 2.24) is 9.71 Å². The molecular formula is C19H26N4O3S. The standard InChI is InChI=1S/C19H26N4O3S/c1-13(2)18(22-27(25,26)16-9-6-14(3)7-10-16)19(24)21-15-8-11-17(20-12-15)23(4)5/h6-13,18,22H,1-5H3,(H,21,24)/t18-/m1/s1. The van der Waals surface area contributed by atoms with Gasteiger partial charge in [0, 0.05) is 14.1 Å². The molecule has 1 aromatic heterocycles. The number of sulfonamides is 1. The van der Waals surface area contributed by atoms with Crippen LogP contribution < -0.4 is 14.9 Å². The van der Waals surface area contributed by atoms with Crippen LogP contribution in [0.25, 0.3) is 0 Å². The molecule has 0 spiro atoms. The molecule has 2 aromatic rings. The first-order chi connectivity index (χ1) is 12.6. The number of carbonyl (C=O) groups excluding carboxylic acids is 1. The van der Waals surface area contributed by atoms with Gasteiger partial charge in [-0.05, 0) is 37.1 Å². The fourth-order valence-electron chi connectivity index (χ4n) is 2.39. The summed E-state index contributed by atoms with van der Waals surface area (Å²) in [5, 5.41) is 2.73. The number of pyridine rings is 1. The summed E-state index contributed by atoms with van der Waals surface area (Å²) in [7, 11) is -0.0691. The minimum absolute atomic E-state index is 0.128. The number of anilines is 2. The zero-order chi connectivity index (χ0) is 20.2. The smallest absolute Gasteiger partial charge is 0.242 e. The van der Waals surface area contributed by atoms with Gasteiger partial charge in [-0.1, -0.05) is 31.5 Å². The number of nitrogens with zero attached hydrogens (tertiary/aromatic N) is 2. The summed E-state index contributed by atoms with van der Waals surface area (Å²) in [5.74, 6) is 0.0906. The Morgan fingerprint density at radius 1 is 1.07 bits per heavy atom. The van der Waals surface area contributed by atoms with Crippen molar-refractivity contribution >= 4 is 27.4 Å².